The van der Waals surface area contributed by atoms with Crippen LogP contribution >= 0.6 is 0 Å². The van der Waals surface area contributed by atoms with E-state index < -0.39 is 0 Å². The van der Waals surface area contributed by atoms with Gasteiger partial charge in [-0.15, -0.1) is 0 Å². The molecular weight excluding hydrogens is 222 g/mol. The van der Waals surface area contributed by atoms with E-state index in [1.165, 1.54) is 7.11 Å². The van der Waals surface area contributed by atoms with Crippen LogP contribution in [0.25, 0.3) is 0 Å². The Kier molecular flexibility index (Phi) is 3.49. The number of benzene rings is 1. The molecule has 0 saturated carbocycles. The molecule has 1 amide bonds. The van der Waals surface area contributed by atoms with E-state index in [9.17, 15) is 9.90 Å². The zero-order chi connectivity index (χ0) is 12.3. The van der Waals surface area contributed by atoms with Gasteiger partial charge in [0.2, 0.25) is 5.91 Å². The van der Waals surface area contributed by atoms with Crippen molar-refractivity contribution in [3.05, 3.63) is 23.8 Å². The third-order valence-corrected chi connectivity index (χ3v) is 2.65. The molecule has 1 heterocycles. The first-order valence-corrected chi connectivity index (χ1v) is 5.46. The molecule has 5 heteroatoms. The van der Waals surface area contributed by atoms with Crippen molar-refractivity contribution < 1.29 is 19.4 Å². The minimum Gasteiger partial charge on any atom is -0.504 e. The maximum Gasteiger partial charge on any atom is 0.222 e. The predicted octanol–water partition coefficient (Wildman–Crippen LogP) is 1.15. The molecule has 1 atom stereocenters. The van der Waals surface area contributed by atoms with Crippen molar-refractivity contribution in [2.45, 2.75) is 25.7 Å². The first kappa shape index (κ1) is 11.7. The van der Waals surface area contributed by atoms with Crippen LogP contribution in [0.3, 0.4) is 0 Å². The zero-order valence-corrected chi connectivity index (χ0v) is 9.60. The highest BCUT2D eigenvalue weighted by molar-refractivity contribution is 5.78. The van der Waals surface area contributed by atoms with Crippen molar-refractivity contribution >= 4 is 5.91 Å². The summed E-state index contributed by atoms with van der Waals surface area (Å²) in [5.41, 5.74) is 0.837. The average molecular weight is 237 g/mol. The normalized spacial score (nSPS) is 19.1. The maximum atomic E-state index is 11.0. The SMILES string of the molecule is COc1ccc(COC2CCC(=O)N2)cc1O. The number of phenolic OH excluding ortho intramolecular Hbond substituents is 1. The number of phenols is 1. The zero-order valence-electron chi connectivity index (χ0n) is 9.60. The summed E-state index contributed by atoms with van der Waals surface area (Å²) in [4.78, 5) is 11.0. The third-order valence-electron chi connectivity index (χ3n) is 2.65. The molecule has 1 aliphatic heterocycles. The van der Waals surface area contributed by atoms with Crippen LogP contribution < -0.4 is 10.1 Å². The van der Waals surface area contributed by atoms with Crippen LogP contribution in [0.5, 0.6) is 11.5 Å². The second-order valence-electron chi connectivity index (χ2n) is 3.91. The molecule has 2 rings (SSSR count). The van der Waals surface area contributed by atoms with E-state index in [-0.39, 0.29) is 17.9 Å². The Hall–Kier alpha value is -1.75. The second-order valence-corrected chi connectivity index (χ2v) is 3.91. The molecule has 1 aromatic rings. The van der Waals surface area contributed by atoms with Crippen molar-refractivity contribution in [1.29, 1.82) is 0 Å². The second kappa shape index (κ2) is 5.05. The minimum atomic E-state index is -0.216. The van der Waals surface area contributed by atoms with Crippen molar-refractivity contribution in [3.8, 4) is 11.5 Å². The highest BCUT2D eigenvalue weighted by Crippen LogP contribution is 2.26. The molecule has 5 nitrogen and oxygen atoms in total. The summed E-state index contributed by atoms with van der Waals surface area (Å²) in [6.45, 7) is 0.350. The summed E-state index contributed by atoms with van der Waals surface area (Å²) in [6, 6.07) is 5.09. The Balaban J connectivity index is 1.91. The molecule has 0 radical (unpaired) electrons. The number of rotatable bonds is 4. The molecule has 92 valence electrons. The van der Waals surface area contributed by atoms with Crippen LogP contribution in [0.1, 0.15) is 18.4 Å². The molecule has 0 spiro atoms. The third kappa shape index (κ3) is 2.88. The fourth-order valence-corrected chi connectivity index (χ4v) is 1.73. The number of aromatic hydroxyl groups is 1. The molecule has 1 saturated heterocycles. The average Bonchev–Trinajstić information content (AvgIpc) is 2.73. The van der Waals surface area contributed by atoms with Crippen LogP contribution in [-0.4, -0.2) is 24.4 Å². The van der Waals surface area contributed by atoms with Crippen molar-refractivity contribution in [2.24, 2.45) is 0 Å². The van der Waals surface area contributed by atoms with Crippen LogP contribution in [0.15, 0.2) is 18.2 Å². The Morgan fingerprint density at radius 3 is 2.94 bits per heavy atom. The number of hydrogen-bond donors (Lipinski definition) is 2. The van der Waals surface area contributed by atoms with Gasteiger partial charge in [0.05, 0.1) is 13.7 Å². The maximum absolute atomic E-state index is 11.0. The van der Waals surface area contributed by atoms with Crippen molar-refractivity contribution in [3.63, 3.8) is 0 Å². The van der Waals surface area contributed by atoms with Gasteiger partial charge < -0.3 is 19.9 Å². The minimum absolute atomic E-state index is 0.0209. The van der Waals surface area contributed by atoms with Gasteiger partial charge in [-0.05, 0) is 17.7 Å². The highest BCUT2D eigenvalue weighted by atomic mass is 16.5. The van der Waals surface area contributed by atoms with Gasteiger partial charge in [0, 0.05) is 12.8 Å². The van der Waals surface area contributed by atoms with Gasteiger partial charge in [0.25, 0.3) is 0 Å². The molecule has 2 N–H and O–H groups in total. The molecule has 0 aromatic heterocycles. The molecule has 1 aliphatic rings. The lowest BCUT2D eigenvalue weighted by molar-refractivity contribution is -0.120. The Labute approximate surface area is 99.3 Å². The first-order chi connectivity index (χ1) is 8.19. The van der Waals surface area contributed by atoms with Gasteiger partial charge in [-0.1, -0.05) is 6.07 Å². The largest absolute Gasteiger partial charge is 0.504 e. The predicted molar refractivity (Wildman–Crippen MR) is 60.6 cm³/mol. The molecule has 1 aromatic carbocycles. The summed E-state index contributed by atoms with van der Waals surface area (Å²) in [6.07, 6.45) is 0.992. The van der Waals surface area contributed by atoms with E-state index >= 15 is 0 Å². The number of carbonyl (C=O) groups is 1. The van der Waals surface area contributed by atoms with E-state index in [0.29, 0.717) is 25.2 Å². The van der Waals surface area contributed by atoms with Gasteiger partial charge >= 0.3 is 0 Å². The smallest absolute Gasteiger partial charge is 0.222 e. The molecule has 17 heavy (non-hydrogen) atoms. The lowest BCUT2D eigenvalue weighted by Gasteiger charge is -2.12. The number of amides is 1. The lowest BCUT2D eigenvalue weighted by Crippen LogP contribution is -2.27. The Morgan fingerprint density at radius 1 is 1.53 bits per heavy atom. The van der Waals surface area contributed by atoms with Gasteiger partial charge in [0.1, 0.15) is 6.23 Å². The summed E-state index contributed by atoms with van der Waals surface area (Å²) < 4.78 is 10.4. The van der Waals surface area contributed by atoms with E-state index in [1.807, 2.05) is 6.07 Å². The van der Waals surface area contributed by atoms with Crippen LogP contribution in [0.2, 0.25) is 0 Å². The van der Waals surface area contributed by atoms with Crippen LogP contribution in [0, 0.1) is 0 Å². The lowest BCUT2D eigenvalue weighted by atomic mass is 10.2. The van der Waals surface area contributed by atoms with E-state index in [4.69, 9.17) is 9.47 Å². The first-order valence-electron chi connectivity index (χ1n) is 5.46. The van der Waals surface area contributed by atoms with Crippen LogP contribution in [-0.2, 0) is 16.1 Å². The molecule has 0 bridgehead atoms. The molecular formula is C12H15NO4. The number of ether oxygens (including phenoxy) is 2. The number of methoxy groups -OCH3 is 1. The Morgan fingerprint density at radius 2 is 2.35 bits per heavy atom. The van der Waals surface area contributed by atoms with Gasteiger partial charge in [-0.2, -0.15) is 0 Å². The van der Waals surface area contributed by atoms with Crippen molar-refractivity contribution in [1.82, 2.24) is 5.32 Å². The van der Waals surface area contributed by atoms with Crippen molar-refractivity contribution in [2.75, 3.05) is 7.11 Å². The summed E-state index contributed by atoms with van der Waals surface area (Å²) in [5.74, 6) is 0.541. The van der Waals surface area contributed by atoms with Gasteiger partial charge in [0.15, 0.2) is 11.5 Å². The fourth-order valence-electron chi connectivity index (χ4n) is 1.73. The summed E-state index contributed by atoms with van der Waals surface area (Å²) >= 11 is 0. The summed E-state index contributed by atoms with van der Waals surface area (Å²) in [5, 5.41) is 12.3. The Bertz CT molecular complexity index is 419. The standard InChI is InChI=1S/C12H15NO4/c1-16-10-3-2-8(6-9(10)14)7-17-12-5-4-11(15)13-12/h2-3,6,12,14H,4-5,7H2,1H3,(H,13,15). The monoisotopic (exact) mass is 237 g/mol. The van der Waals surface area contributed by atoms with Gasteiger partial charge in [-0.25, -0.2) is 0 Å². The molecule has 0 aliphatic carbocycles. The number of hydrogen-bond acceptors (Lipinski definition) is 4. The fraction of sp³-hybridized carbons (Fsp3) is 0.417. The summed E-state index contributed by atoms with van der Waals surface area (Å²) in [7, 11) is 1.50. The quantitative estimate of drug-likeness (QED) is 0.824. The topological polar surface area (TPSA) is 67.8 Å². The number of nitrogens with one attached hydrogen (secondary N) is 1. The van der Waals surface area contributed by atoms with Gasteiger partial charge in [-0.3, -0.25) is 4.79 Å². The van der Waals surface area contributed by atoms with Crippen LogP contribution in [0.4, 0.5) is 0 Å². The van der Waals surface area contributed by atoms with E-state index in [0.717, 1.165) is 5.56 Å². The number of carbonyl (C=O) groups excluding carboxylic acids is 1. The highest BCUT2D eigenvalue weighted by Gasteiger charge is 2.20. The van der Waals surface area contributed by atoms with E-state index in [1.54, 1.807) is 12.1 Å². The molecule has 1 fully saturated rings. The van der Waals surface area contributed by atoms with E-state index in [2.05, 4.69) is 5.32 Å². The molecule has 1 unspecified atom stereocenters.